The number of halogens is 1. The van der Waals surface area contributed by atoms with Crippen molar-refractivity contribution >= 4 is 0 Å². The Balaban J connectivity index is 0.000001000. The Labute approximate surface area is 72.0 Å². The van der Waals surface area contributed by atoms with Gasteiger partial charge < -0.3 is 12.4 Å². The van der Waals surface area contributed by atoms with Crippen LogP contribution >= 0.6 is 0 Å². The summed E-state index contributed by atoms with van der Waals surface area (Å²) < 4.78 is 1.56. The van der Waals surface area contributed by atoms with E-state index in [1.807, 2.05) is 25.1 Å². The summed E-state index contributed by atoms with van der Waals surface area (Å²) in [5, 5.41) is 3.31. The second-order valence-corrected chi connectivity index (χ2v) is 1.99. The number of aryl methyl sites for hydroxylation is 1. The van der Waals surface area contributed by atoms with E-state index in [9.17, 15) is 0 Å². The molecular weight excluding hydrogens is 162 g/mol. The van der Waals surface area contributed by atoms with Crippen molar-refractivity contribution in [3.05, 3.63) is 30.1 Å². The van der Waals surface area contributed by atoms with Crippen molar-refractivity contribution in [3.8, 4) is 0 Å². The van der Waals surface area contributed by atoms with Gasteiger partial charge >= 0.3 is 0 Å². The molecule has 0 bridgehead atoms. The number of pyridine rings is 1. The summed E-state index contributed by atoms with van der Waals surface area (Å²) in [6.07, 6.45) is 2.68. The van der Waals surface area contributed by atoms with E-state index in [-0.39, 0.29) is 12.4 Å². The fraction of sp³-hybridized carbons (Fsp3) is 0.286. The number of rotatable bonds is 2. The van der Waals surface area contributed by atoms with Crippen LogP contribution in [0.4, 0.5) is 0 Å². The normalized spacial score (nSPS) is 8.45. The molecule has 0 fully saturated rings. The fourth-order valence-electron chi connectivity index (χ4n) is 0.847. The molecule has 0 unspecified atom stereocenters. The molecule has 1 aromatic heterocycles. The first-order valence-corrected chi connectivity index (χ1v) is 3.25. The van der Waals surface area contributed by atoms with Gasteiger partial charge in [0.25, 0.3) is 0 Å². The molecule has 1 rings (SSSR count). The van der Waals surface area contributed by atoms with Crippen LogP contribution in [0.3, 0.4) is 0 Å². The van der Waals surface area contributed by atoms with Gasteiger partial charge in [0.15, 0.2) is 0 Å². The molecule has 0 aromatic carbocycles. The van der Waals surface area contributed by atoms with Gasteiger partial charge in [0.2, 0.25) is 0 Å². The van der Waals surface area contributed by atoms with Gasteiger partial charge in [0.1, 0.15) is 17.1 Å². The van der Waals surface area contributed by atoms with E-state index in [4.69, 9.17) is 5.53 Å². The maximum Gasteiger partial charge on any atom is 0.134 e. The lowest BCUT2D eigenvalue weighted by Crippen LogP contribution is -3.00. The van der Waals surface area contributed by atoms with Crippen LogP contribution in [-0.4, -0.2) is 0 Å². The van der Waals surface area contributed by atoms with Gasteiger partial charge in [-0.2, -0.15) is 0 Å². The van der Waals surface area contributed by atoms with E-state index in [0.717, 1.165) is 12.1 Å². The summed E-state index contributed by atoms with van der Waals surface area (Å²) in [6, 6.07) is 5.76. The number of hydrogen-bond acceptors (Lipinski definition) is 2. The molecule has 0 aliphatic rings. The maximum atomic E-state index is 6.78. The molecule has 11 heavy (non-hydrogen) atoms. The SMILES string of the molecule is CCc1cccc[n+]1N=N.[Cl-]. The largest absolute Gasteiger partial charge is 1.00 e. The lowest BCUT2D eigenvalue weighted by Gasteiger charge is -1.93. The standard InChI is InChI=1S/C7H10N3.ClH/c1-2-7-5-3-4-6-10(7)9-8;/h3-6,8H,2H2,1H3;1H/q+1;/p-1. The first-order chi connectivity index (χ1) is 4.88. The average Bonchev–Trinajstić information content (AvgIpc) is 2.04. The molecule has 0 radical (unpaired) electrons. The van der Waals surface area contributed by atoms with Crippen LogP contribution in [-0.2, 0) is 6.42 Å². The third-order valence-electron chi connectivity index (χ3n) is 1.39. The molecule has 0 spiro atoms. The number of hydrogen-bond donors (Lipinski definition) is 1. The predicted molar refractivity (Wildman–Crippen MR) is 36.6 cm³/mol. The third kappa shape index (κ3) is 2.27. The minimum Gasteiger partial charge on any atom is -1.00 e. The Bertz CT molecular complexity index is 237. The summed E-state index contributed by atoms with van der Waals surface area (Å²) in [6.45, 7) is 2.04. The molecule has 60 valence electrons. The van der Waals surface area contributed by atoms with E-state index in [2.05, 4.69) is 5.22 Å². The fourth-order valence-corrected chi connectivity index (χ4v) is 0.847. The molecule has 1 heterocycles. The van der Waals surface area contributed by atoms with Crippen LogP contribution in [0.15, 0.2) is 29.6 Å². The third-order valence-corrected chi connectivity index (χ3v) is 1.39. The molecule has 3 nitrogen and oxygen atoms in total. The van der Waals surface area contributed by atoms with Crippen molar-refractivity contribution < 1.29 is 17.1 Å². The number of nitrogens with zero attached hydrogens (tertiary/aromatic N) is 2. The number of nitrogens with one attached hydrogen (secondary N) is 1. The lowest BCUT2D eigenvalue weighted by molar-refractivity contribution is -0.696. The Kier molecular flexibility index (Phi) is 4.38. The van der Waals surface area contributed by atoms with E-state index in [1.54, 1.807) is 10.9 Å². The zero-order valence-electron chi connectivity index (χ0n) is 6.29. The Morgan fingerprint density at radius 3 is 2.73 bits per heavy atom. The molecule has 1 N–H and O–H groups in total. The van der Waals surface area contributed by atoms with Crippen molar-refractivity contribution in [2.24, 2.45) is 5.22 Å². The molecular formula is C7H10ClN3. The molecule has 0 amide bonds. The van der Waals surface area contributed by atoms with Crippen LogP contribution in [0.2, 0.25) is 0 Å². The van der Waals surface area contributed by atoms with E-state index >= 15 is 0 Å². The monoisotopic (exact) mass is 171 g/mol. The van der Waals surface area contributed by atoms with Gasteiger partial charge in [-0.25, -0.2) is 0 Å². The second kappa shape index (κ2) is 4.79. The molecule has 1 aromatic rings. The van der Waals surface area contributed by atoms with Crippen molar-refractivity contribution in [1.29, 1.82) is 5.53 Å². The summed E-state index contributed by atoms with van der Waals surface area (Å²) in [5.41, 5.74) is 7.83. The van der Waals surface area contributed by atoms with Gasteiger partial charge in [-0.05, 0) is 12.1 Å². The highest BCUT2D eigenvalue weighted by atomic mass is 35.5. The zero-order valence-corrected chi connectivity index (χ0v) is 7.04. The maximum absolute atomic E-state index is 6.78. The van der Waals surface area contributed by atoms with Crippen LogP contribution in [0, 0.1) is 5.53 Å². The highest BCUT2D eigenvalue weighted by Crippen LogP contribution is 1.90. The van der Waals surface area contributed by atoms with E-state index in [1.165, 1.54) is 0 Å². The number of aromatic nitrogens is 1. The molecule has 4 heteroatoms. The zero-order chi connectivity index (χ0) is 7.40. The molecule has 0 saturated heterocycles. The highest BCUT2D eigenvalue weighted by molar-refractivity contribution is 4.96. The van der Waals surface area contributed by atoms with Crippen molar-refractivity contribution in [1.82, 2.24) is 0 Å². The van der Waals surface area contributed by atoms with Crippen molar-refractivity contribution in [2.45, 2.75) is 13.3 Å². The summed E-state index contributed by atoms with van der Waals surface area (Å²) >= 11 is 0. The molecule has 0 atom stereocenters. The Morgan fingerprint density at radius 2 is 2.27 bits per heavy atom. The minimum absolute atomic E-state index is 0. The van der Waals surface area contributed by atoms with Gasteiger partial charge in [-0.1, -0.05) is 13.0 Å². The summed E-state index contributed by atoms with van der Waals surface area (Å²) in [5.74, 6) is 0. The highest BCUT2D eigenvalue weighted by Gasteiger charge is 1.98. The quantitative estimate of drug-likeness (QED) is 0.409. The summed E-state index contributed by atoms with van der Waals surface area (Å²) in [4.78, 5) is 0. The van der Waals surface area contributed by atoms with Gasteiger partial charge in [0.05, 0.1) is 0 Å². The predicted octanol–water partition coefficient (Wildman–Crippen LogP) is -1.67. The van der Waals surface area contributed by atoms with Gasteiger partial charge in [-0.3, -0.25) is 0 Å². The van der Waals surface area contributed by atoms with Crippen molar-refractivity contribution in [3.63, 3.8) is 0 Å². The van der Waals surface area contributed by atoms with Crippen LogP contribution in [0.1, 0.15) is 12.6 Å². The Morgan fingerprint density at radius 1 is 1.55 bits per heavy atom. The van der Waals surface area contributed by atoms with Gasteiger partial charge in [0, 0.05) is 12.0 Å². The molecule has 0 saturated carbocycles. The van der Waals surface area contributed by atoms with Crippen molar-refractivity contribution in [2.75, 3.05) is 0 Å². The Hall–Kier alpha value is -0.960. The first-order valence-electron chi connectivity index (χ1n) is 3.25. The summed E-state index contributed by atoms with van der Waals surface area (Å²) in [7, 11) is 0. The van der Waals surface area contributed by atoms with Crippen LogP contribution < -0.4 is 17.1 Å². The van der Waals surface area contributed by atoms with E-state index in [0.29, 0.717) is 0 Å². The first kappa shape index (κ1) is 10.0. The molecule has 0 aliphatic heterocycles. The smallest absolute Gasteiger partial charge is 0.134 e. The van der Waals surface area contributed by atoms with Crippen LogP contribution in [0.25, 0.3) is 0 Å². The average molecular weight is 172 g/mol. The minimum atomic E-state index is 0. The molecule has 0 aliphatic carbocycles. The lowest BCUT2D eigenvalue weighted by atomic mass is 10.3. The van der Waals surface area contributed by atoms with E-state index < -0.39 is 0 Å². The second-order valence-electron chi connectivity index (χ2n) is 1.99. The van der Waals surface area contributed by atoms with Gasteiger partial charge in [-0.15, -0.1) is 4.68 Å². The van der Waals surface area contributed by atoms with Crippen LogP contribution in [0.5, 0.6) is 0 Å². The topological polar surface area (TPSA) is 40.1 Å².